The summed E-state index contributed by atoms with van der Waals surface area (Å²) in [5, 5.41) is 0. The SMILES string of the molecule is CCOC(=O)C1CCCCN1C(=O)c1cc(F)cc(F)c1. The predicted octanol–water partition coefficient (Wildman–Crippen LogP) is 2.52. The van der Waals surface area contributed by atoms with Crippen LogP contribution in [0.15, 0.2) is 18.2 Å². The quantitative estimate of drug-likeness (QED) is 0.805. The van der Waals surface area contributed by atoms with Gasteiger partial charge in [-0.3, -0.25) is 4.79 Å². The van der Waals surface area contributed by atoms with E-state index in [4.69, 9.17) is 4.74 Å². The minimum absolute atomic E-state index is 0.0938. The van der Waals surface area contributed by atoms with Crippen molar-refractivity contribution in [1.82, 2.24) is 4.90 Å². The molecule has 0 radical (unpaired) electrons. The summed E-state index contributed by atoms with van der Waals surface area (Å²) in [6.07, 6.45) is 2.06. The van der Waals surface area contributed by atoms with Gasteiger partial charge < -0.3 is 9.64 Å². The molecule has 1 atom stereocenters. The highest BCUT2D eigenvalue weighted by molar-refractivity contribution is 5.97. The lowest BCUT2D eigenvalue weighted by Gasteiger charge is -2.34. The first kappa shape index (κ1) is 15.4. The Labute approximate surface area is 121 Å². The molecule has 1 fully saturated rings. The second kappa shape index (κ2) is 6.65. The molecule has 1 aliphatic rings. The molecule has 1 unspecified atom stereocenters. The van der Waals surface area contributed by atoms with Crippen LogP contribution in [0.3, 0.4) is 0 Å². The van der Waals surface area contributed by atoms with Crippen LogP contribution in [0.5, 0.6) is 0 Å². The average Bonchev–Trinajstić information content (AvgIpc) is 2.45. The number of nitrogens with zero attached hydrogens (tertiary/aromatic N) is 1. The van der Waals surface area contributed by atoms with Gasteiger partial charge in [0.1, 0.15) is 17.7 Å². The maximum Gasteiger partial charge on any atom is 0.328 e. The number of amides is 1. The number of ether oxygens (including phenoxy) is 1. The number of carbonyl (C=O) groups excluding carboxylic acids is 2. The minimum Gasteiger partial charge on any atom is -0.464 e. The summed E-state index contributed by atoms with van der Waals surface area (Å²) in [7, 11) is 0. The van der Waals surface area contributed by atoms with Crippen LogP contribution in [-0.4, -0.2) is 36.0 Å². The van der Waals surface area contributed by atoms with E-state index in [0.717, 1.165) is 25.0 Å². The van der Waals surface area contributed by atoms with Crippen molar-refractivity contribution in [1.29, 1.82) is 0 Å². The van der Waals surface area contributed by atoms with E-state index >= 15 is 0 Å². The van der Waals surface area contributed by atoms with Crippen LogP contribution in [0, 0.1) is 11.6 Å². The van der Waals surface area contributed by atoms with Gasteiger partial charge in [0, 0.05) is 18.2 Å². The van der Waals surface area contributed by atoms with Crippen LogP contribution in [0.2, 0.25) is 0 Å². The van der Waals surface area contributed by atoms with Crippen LogP contribution in [-0.2, 0) is 9.53 Å². The third-order valence-electron chi connectivity index (χ3n) is 3.43. The second-order valence-electron chi connectivity index (χ2n) is 4.92. The Morgan fingerprint density at radius 1 is 1.24 bits per heavy atom. The molecule has 1 heterocycles. The van der Waals surface area contributed by atoms with E-state index in [9.17, 15) is 18.4 Å². The summed E-state index contributed by atoms with van der Waals surface area (Å²) in [6, 6.07) is 1.97. The second-order valence-corrected chi connectivity index (χ2v) is 4.92. The average molecular weight is 297 g/mol. The van der Waals surface area contributed by atoms with Gasteiger partial charge >= 0.3 is 5.97 Å². The lowest BCUT2D eigenvalue weighted by atomic mass is 10.0. The monoisotopic (exact) mass is 297 g/mol. The molecule has 1 amide bonds. The number of benzene rings is 1. The van der Waals surface area contributed by atoms with Crippen LogP contribution < -0.4 is 0 Å². The Morgan fingerprint density at radius 3 is 2.52 bits per heavy atom. The number of likely N-dealkylation sites (tertiary alicyclic amines) is 1. The topological polar surface area (TPSA) is 46.6 Å². The maximum absolute atomic E-state index is 13.2. The molecule has 21 heavy (non-hydrogen) atoms. The van der Waals surface area contributed by atoms with Crippen molar-refractivity contribution < 1.29 is 23.1 Å². The molecule has 1 aromatic rings. The molecule has 1 saturated heterocycles. The highest BCUT2D eigenvalue weighted by Gasteiger charge is 2.33. The molecular weight excluding hydrogens is 280 g/mol. The molecule has 0 spiro atoms. The maximum atomic E-state index is 13.2. The first-order valence-electron chi connectivity index (χ1n) is 6.96. The van der Waals surface area contributed by atoms with E-state index in [-0.39, 0.29) is 12.2 Å². The zero-order valence-electron chi connectivity index (χ0n) is 11.8. The molecular formula is C15H17F2NO3. The van der Waals surface area contributed by atoms with Crippen molar-refractivity contribution in [2.75, 3.05) is 13.2 Å². The zero-order valence-corrected chi connectivity index (χ0v) is 11.8. The first-order valence-corrected chi connectivity index (χ1v) is 6.96. The Bertz CT molecular complexity index is 527. The molecule has 4 nitrogen and oxygen atoms in total. The van der Waals surface area contributed by atoms with E-state index < -0.39 is 29.6 Å². The number of halogens is 2. The van der Waals surface area contributed by atoms with E-state index in [1.807, 2.05) is 0 Å². The number of hydrogen-bond donors (Lipinski definition) is 0. The fourth-order valence-corrected chi connectivity index (χ4v) is 2.50. The van der Waals surface area contributed by atoms with Crippen LogP contribution >= 0.6 is 0 Å². The van der Waals surface area contributed by atoms with Gasteiger partial charge in [0.05, 0.1) is 6.61 Å². The van der Waals surface area contributed by atoms with Crippen molar-refractivity contribution in [3.8, 4) is 0 Å². The highest BCUT2D eigenvalue weighted by Crippen LogP contribution is 2.21. The highest BCUT2D eigenvalue weighted by atomic mass is 19.1. The smallest absolute Gasteiger partial charge is 0.328 e. The van der Waals surface area contributed by atoms with E-state index in [1.54, 1.807) is 6.92 Å². The van der Waals surface area contributed by atoms with Crippen molar-refractivity contribution in [2.24, 2.45) is 0 Å². The standard InChI is InChI=1S/C15H17F2NO3/c1-2-21-15(20)13-5-3-4-6-18(13)14(19)10-7-11(16)9-12(17)8-10/h7-9,13H,2-6H2,1H3. The Hall–Kier alpha value is -1.98. The van der Waals surface area contributed by atoms with Crippen molar-refractivity contribution in [3.63, 3.8) is 0 Å². The predicted molar refractivity (Wildman–Crippen MR) is 71.7 cm³/mol. The van der Waals surface area contributed by atoms with E-state index in [0.29, 0.717) is 19.0 Å². The molecule has 0 aliphatic carbocycles. The first-order chi connectivity index (χ1) is 10.0. The molecule has 0 aromatic heterocycles. The molecule has 1 aliphatic heterocycles. The van der Waals surface area contributed by atoms with Gasteiger partial charge in [-0.25, -0.2) is 13.6 Å². The minimum atomic E-state index is -0.817. The van der Waals surface area contributed by atoms with Crippen LogP contribution in [0.4, 0.5) is 8.78 Å². The van der Waals surface area contributed by atoms with Crippen molar-refractivity contribution in [3.05, 3.63) is 35.4 Å². The van der Waals surface area contributed by atoms with Gasteiger partial charge in [-0.1, -0.05) is 0 Å². The van der Waals surface area contributed by atoms with Gasteiger partial charge in [0.25, 0.3) is 5.91 Å². The summed E-state index contributed by atoms with van der Waals surface area (Å²) >= 11 is 0. The van der Waals surface area contributed by atoms with Gasteiger partial charge in [-0.15, -0.1) is 0 Å². The number of rotatable bonds is 3. The number of piperidine rings is 1. The summed E-state index contributed by atoms with van der Waals surface area (Å²) in [5.74, 6) is -2.65. The Balaban J connectivity index is 2.24. The third kappa shape index (κ3) is 3.56. The molecule has 6 heteroatoms. The fourth-order valence-electron chi connectivity index (χ4n) is 2.50. The molecule has 1 aromatic carbocycles. The normalized spacial score (nSPS) is 18.4. The van der Waals surface area contributed by atoms with Crippen molar-refractivity contribution >= 4 is 11.9 Å². The molecule has 2 rings (SSSR count). The van der Waals surface area contributed by atoms with Gasteiger partial charge in [0.2, 0.25) is 0 Å². The molecule has 0 saturated carbocycles. The molecule has 0 bridgehead atoms. The van der Waals surface area contributed by atoms with Gasteiger partial charge in [-0.05, 0) is 38.3 Å². The van der Waals surface area contributed by atoms with Crippen LogP contribution in [0.1, 0.15) is 36.5 Å². The van der Waals surface area contributed by atoms with Crippen LogP contribution in [0.25, 0.3) is 0 Å². The summed E-state index contributed by atoms with van der Waals surface area (Å²) in [6.45, 7) is 2.29. The molecule has 114 valence electrons. The van der Waals surface area contributed by atoms with Gasteiger partial charge in [-0.2, -0.15) is 0 Å². The van der Waals surface area contributed by atoms with E-state index in [2.05, 4.69) is 0 Å². The summed E-state index contributed by atoms with van der Waals surface area (Å²) < 4.78 is 31.4. The number of esters is 1. The number of carbonyl (C=O) groups is 2. The van der Waals surface area contributed by atoms with E-state index in [1.165, 1.54) is 4.90 Å². The lowest BCUT2D eigenvalue weighted by Crippen LogP contribution is -2.48. The van der Waals surface area contributed by atoms with Crippen molar-refractivity contribution in [2.45, 2.75) is 32.2 Å². The lowest BCUT2D eigenvalue weighted by molar-refractivity contribution is -0.149. The largest absolute Gasteiger partial charge is 0.464 e. The molecule has 0 N–H and O–H groups in total. The third-order valence-corrected chi connectivity index (χ3v) is 3.43. The summed E-state index contributed by atoms with van der Waals surface area (Å²) in [4.78, 5) is 25.7. The zero-order chi connectivity index (χ0) is 15.4. The summed E-state index contributed by atoms with van der Waals surface area (Å²) in [5.41, 5.74) is -0.0938. The van der Waals surface area contributed by atoms with Gasteiger partial charge in [0.15, 0.2) is 0 Å². The number of hydrogen-bond acceptors (Lipinski definition) is 3. The Morgan fingerprint density at radius 2 is 1.90 bits per heavy atom. The fraction of sp³-hybridized carbons (Fsp3) is 0.467. The Kier molecular flexibility index (Phi) is 4.88.